The Labute approximate surface area is 121 Å². The van der Waals surface area contributed by atoms with Gasteiger partial charge in [0.05, 0.1) is 22.7 Å². The molecule has 2 heterocycles. The highest BCUT2D eigenvalue weighted by atomic mass is 32.2. The van der Waals surface area contributed by atoms with Crippen molar-refractivity contribution in [3.05, 3.63) is 24.0 Å². The number of aromatic carboxylic acids is 1. The molecule has 1 aromatic rings. The van der Waals surface area contributed by atoms with E-state index in [4.69, 9.17) is 5.11 Å². The highest BCUT2D eigenvalue weighted by molar-refractivity contribution is 7.91. The summed E-state index contributed by atoms with van der Waals surface area (Å²) in [5, 5.41) is 13.9. The van der Waals surface area contributed by atoms with Gasteiger partial charge >= 0.3 is 12.0 Å². The van der Waals surface area contributed by atoms with Crippen LogP contribution in [-0.2, 0) is 9.84 Å². The Bertz CT molecular complexity index is 688. The summed E-state index contributed by atoms with van der Waals surface area (Å²) in [6, 6.07) is 2.23. The molecule has 1 fully saturated rings. The fourth-order valence-electron chi connectivity index (χ4n) is 2.21. The molecule has 8 nitrogen and oxygen atoms in total. The summed E-state index contributed by atoms with van der Waals surface area (Å²) in [4.78, 5) is 26.6. The Hall–Kier alpha value is -2.16. The lowest BCUT2D eigenvalue weighted by Crippen LogP contribution is -2.48. The molecule has 2 amide bonds. The molecule has 21 heavy (non-hydrogen) atoms. The van der Waals surface area contributed by atoms with Crippen LogP contribution in [0.5, 0.6) is 0 Å². The normalized spacial score (nSPS) is 23.5. The van der Waals surface area contributed by atoms with Crippen molar-refractivity contribution in [3.63, 3.8) is 0 Å². The smallest absolute Gasteiger partial charge is 0.356 e. The number of rotatable bonds is 3. The van der Waals surface area contributed by atoms with E-state index in [9.17, 15) is 18.0 Å². The monoisotopic (exact) mass is 313 g/mol. The maximum atomic E-state index is 11.9. The summed E-state index contributed by atoms with van der Waals surface area (Å²) in [7, 11) is -3.14. The Kier molecular flexibility index (Phi) is 3.86. The lowest BCUT2D eigenvalue weighted by Gasteiger charge is -2.24. The minimum Gasteiger partial charge on any atom is -0.476 e. The molecule has 1 aliphatic rings. The summed E-state index contributed by atoms with van der Waals surface area (Å²) < 4.78 is 22.9. The van der Waals surface area contributed by atoms with Gasteiger partial charge in [-0.15, -0.1) is 0 Å². The molecule has 1 aliphatic heterocycles. The van der Waals surface area contributed by atoms with Crippen molar-refractivity contribution in [1.29, 1.82) is 0 Å². The number of carbonyl (C=O) groups excluding carboxylic acids is 1. The van der Waals surface area contributed by atoms with Gasteiger partial charge in [-0.1, -0.05) is 0 Å². The Balaban J connectivity index is 2.08. The molecular formula is C12H15N3O5S. The number of sulfone groups is 1. The molecule has 114 valence electrons. The average Bonchev–Trinajstić information content (AvgIpc) is 2.63. The van der Waals surface area contributed by atoms with Gasteiger partial charge in [0.1, 0.15) is 0 Å². The van der Waals surface area contributed by atoms with E-state index < -0.39 is 27.4 Å². The maximum absolute atomic E-state index is 11.9. The van der Waals surface area contributed by atoms with E-state index in [0.29, 0.717) is 6.42 Å². The number of carbonyl (C=O) groups is 2. The molecule has 0 saturated carbocycles. The molecule has 2 rings (SSSR count). The third kappa shape index (κ3) is 3.69. The molecule has 3 N–H and O–H groups in total. The summed E-state index contributed by atoms with van der Waals surface area (Å²) in [5.74, 6) is -1.37. The number of carboxylic acid groups (broad SMARTS) is 1. The molecule has 1 saturated heterocycles. The number of hydrogen-bond donors (Lipinski definition) is 3. The van der Waals surface area contributed by atoms with Gasteiger partial charge in [0.25, 0.3) is 0 Å². The molecule has 1 aromatic heterocycles. The van der Waals surface area contributed by atoms with Gasteiger partial charge in [0.15, 0.2) is 15.5 Å². The van der Waals surface area contributed by atoms with Gasteiger partial charge in [0, 0.05) is 6.20 Å². The topological polar surface area (TPSA) is 125 Å². The first kappa shape index (κ1) is 15.2. The fraction of sp³-hybridized carbons (Fsp3) is 0.417. The third-order valence-corrected chi connectivity index (χ3v) is 5.08. The predicted molar refractivity (Wildman–Crippen MR) is 75.0 cm³/mol. The maximum Gasteiger partial charge on any atom is 0.356 e. The van der Waals surface area contributed by atoms with Crippen LogP contribution in [-0.4, -0.2) is 47.6 Å². The number of anilines is 1. The first-order valence-corrected chi connectivity index (χ1v) is 8.01. The molecule has 0 aromatic carbocycles. The number of nitrogens with one attached hydrogen (secondary N) is 2. The number of carboxylic acids is 1. The van der Waals surface area contributed by atoms with Gasteiger partial charge in [0.2, 0.25) is 0 Å². The molecule has 0 aliphatic carbocycles. The SMILES string of the molecule is CC1(NC(=O)Nc2cccnc2C(=O)O)CCS(=O)(=O)C1. The minimum atomic E-state index is -3.14. The first-order chi connectivity index (χ1) is 9.71. The molecule has 0 spiro atoms. The molecule has 1 atom stereocenters. The van der Waals surface area contributed by atoms with Gasteiger partial charge in [-0.2, -0.15) is 0 Å². The quantitative estimate of drug-likeness (QED) is 0.745. The molecular weight excluding hydrogens is 298 g/mol. The number of hydrogen-bond acceptors (Lipinski definition) is 5. The van der Waals surface area contributed by atoms with Crippen molar-refractivity contribution in [2.24, 2.45) is 0 Å². The summed E-state index contributed by atoms with van der Waals surface area (Å²) >= 11 is 0. The second kappa shape index (κ2) is 5.32. The van der Waals surface area contributed by atoms with Gasteiger partial charge in [-0.25, -0.2) is 23.0 Å². The Morgan fingerprint density at radius 1 is 1.43 bits per heavy atom. The zero-order valence-corrected chi connectivity index (χ0v) is 12.1. The van der Waals surface area contributed by atoms with E-state index in [1.807, 2.05) is 0 Å². The van der Waals surface area contributed by atoms with Crippen molar-refractivity contribution < 1.29 is 23.1 Å². The number of pyridine rings is 1. The Morgan fingerprint density at radius 2 is 2.14 bits per heavy atom. The van der Waals surface area contributed by atoms with Crippen LogP contribution < -0.4 is 10.6 Å². The van der Waals surface area contributed by atoms with Gasteiger partial charge in [-0.05, 0) is 25.5 Å². The van der Waals surface area contributed by atoms with Crippen molar-refractivity contribution in [2.45, 2.75) is 18.9 Å². The van der Waals surface area contributed by atoms with E-state index in [1.165, 1.54) is 18.3 Å². The van der Waals surface area contributed by atoms with E-state index >= 15 is 0 Å². The van der Waals surface area contributed by atoms with E-state index in [1.54, 1.807) is 6.92 Å². The van der Waals surface area contributed by atoms with Gasteiger partial charge in [-0.3, -0.25) is 0 Å². The Morgan fingerprint density at radius 3 is 2.71 bits per heavy atom. The number of aromatic nitrogens is 1. The van der Waals surface area contributed by atoms with Crippen LogP contribution >= 0.6 is 0 Å². The van der Waals surface area contributed by atoms with Crippen LogP contribution in [0.15, 0.2) is 18.3 Å². The standard InChI is InChI=1S/C12H15N3O5S/c1-12(4-6-21(19,20)7-12)15-11(18)14-8-3-2-5-13-9(8)10(16)17/h2-3,5H,4,6-7H2,1H3,(H,16,17)(H2,14,15,18). The minimum absolute atomic E-state index is 0.0248. The van der Waals surface area contributed by atoms with Crippen molar-refractivity contribution in [2.75, 3.05) is 16.8 Å². The third-order valence-electron chi connectivity index (χ3n) is 3.18. The lowest BCUT2D eigenvalue weighted by atomic mass is 10.0. The highest BCUT2D eigenvalue weighted by Gasteiger charge is 2.39. The largest absolute Gasteiger partial charge is 0.476 e. The van der Waals surface area contributed by atoms with Crippen molar-refractivity contribution in [1.82, 2.24) is 10.3 Å². The van der Waals surface area contributed by atoms with E-state index in [0.717, 1.165) is 0 Å². The van der Waals surface area contributed by atoms with Crippen LogP contribution in [0.3, 0.4) is 0 Å². The molecule has 0 radical (unpaired) electrons. The van der Waals surface area contributed by atoms with Crippen LogP contribution in [0.4, 0.5) is 10.5 Å². The molecule has 9 heteroatoms. The second-order valence-electron chi connectivity index (χ2n) is 5.19. The summed E-state index contributed by atoms with van der Waals surface area (Å²) in [6.07, 6.45) is 1.62. The summed E-state index contributed by atoms with van der Waals surface area (Å²) in [6.45, 7) is 1.64. The van der Waals surface area contributed by atoms with Crippen LogP contribution in [0.2, 0.25) is 0 Å². The first-order valence-electron chi connectivity index (χ1n) is 6.19. The van der Waals surface area contributed by atoms with E-state index in [-0.39, 0.29) is 22.9 Å². The number of urea groups is 1. The predicted octanol–water partition coefficient (Wildman–Crippen LogP) is 0.478. The highest BCUT2D eigenvalue weighted by Crippen LogP contribution is 2.23. The molecule has 0 bridgehead atoms. The van der Waals surface area contributed by atoms with Crippen LogP contribution in [0, 0.1) is 0 Å². The summed E-state index contributed by atoms with van der Waals surface area (Å²) in [5.41, 5.74) is -1.09. The zero-order chi connectivity index (χ0) is 15.7. The van der Waals surface area contributed by atoms with Crippen molar-refractivity contribution >= 4 is 27.5 Å². The zero-order valence-electron chi connectivity index (χ0n) is 11.3. The van der Waals surface area contributed by atoms with Crippen LogP contribution in [0.1, 0.15) is 23.8 Å². The van der Waals surface area contributed by atoms with Crippen LogP contribution in [0.25, 0.3) is 0 Å². The van der Waals surface area contributed by atoms with E-state index in [2.05, 4.69) is 15.6 Å². The molecule has 1 unspecified atom stereocenters. The number of amides is 2. The lowest BCUT2D eigenvalue weighted by molar-refractivity contribution is 0.0691. The number of nitrogens with zero attached hydrogens (tertiary/aromatic N) is 1. The second-order valence-corrected chi connectivity index (χ2v) is 7.37. The fourth-order valence-corrected chi connectivity index (χ4v) is 4.31. The van der Waals surface area contributed by atoms with Gasteiger partial charge < -0.3 is 15.7 Å². The van der Waals surface area contributed by atoms with Crippen molar-refractivity contribution in [3.8, 4) is 0 Å². The average molecular weight is 313 g/mol.